The standard InChI is InChI=1S/C14H26/c1-10(2)8-11-12(14(11,6)7)9-13(3,4)5/h8,11-12H,9H2,1-7H3. The second kappa shape index (κ2) is 3.40. The highest BCUT2D eigenvalue weighted by atomic mass is 14.6. The minimum absolute atomic E-state index is 0.478. The SMILES string of the molecule is CC(C)=CC1C(CC(C)(C)C)C1(C)C. The zero-order valence-electron chi connectivity index (χ0n) is 10.9. The molecule has 0 aromatic carbocycles. The van der Waals surface area contributed by atoms with Gasteiger partial charge >= 0.3 is 0 Å². The highest BCUT2D eigenvalue weighted by Gasteiger charge is 2.56. The highest BCUT2D eigenvalue weighted by Crippen LogP contribution is 2.62. The molecule has 0 saturated heterocycles. The maximum absolute atomic E-state index is 2.47. The molecular weight excluding hydrogens is 168 g/mol. The third-order valence-electron chi connectivity index (χ3n) is 3.48. The molecule has 0 radical (unpaired) electrons. The topological polar surface area (TPSA) is 0 Å². The first-order chi connectivity index (χ1) is 6.14. The predicted octanol–water partition coefficient (Wildman–Crippen LogP) is 4.66. The second-order valence-corrected chi connectivity index (χ2v) is 6.96. The molecule has 1 saturated carbocycles. The van der Waals surface area contributed by atoms with Crippen LogP contribution >= 0.6 is 0 Å². The Balaban J connectivity index is 2.63. The number of hydrogen-bond acceptors (Lipinski definition) is 0. The molecule has 0 nitrogen and oxygen atoms in total. The van der Waals surface area contributed by atoms with Crippen LogP contribution in [0.15, 0.2) is 11.6 Å². The summed E-state index contributed by atoms with van der Waals surface area (Å²) in [6, 6.07) is 0. The van der Waals surface area contributed by atoms with Crippen molar-refractivity contribution < 1.29 is 0 Å². The summed E-state index contributed by atoms with van der Waals surface area (Å²) in [5, 5.41) is 0. The van der Waals surface area contributed by atoms with Crippen LogP contribution in [0, 0.1) is 22.7 Å². The van der Waals surface area contributed by atoms with Crippen LogP contribution in [0.3, 0.4) is 0 Å². The summed E-state index contributed by atoms with van der Waals surface area (Å²) in [7, 11) is 0. The van der Waals surface area contributed by atoms with Crippen molar-refractivity contribution >= 4 is 0 Å². The Morgan fingerprint density at radius 3 is 2.07 bits per heavy atom. The molecule has 1 aliphatic rings. The number of allylic oxidation sites excluding steroid dienone is 2. The summed E-state index contributed by atoms with van der Waals surface area (Å²) in [5.74, 6) is 1.73. The summed E-state index contributed by atoms with van der Waals surface area (Å²) in [5.41, 5.74) is 2.50. The fourth-order valence-electron chi connectivity index (χ4n) is 2.53. The van der Waals surface area contributed by atoms with Crippen molar-refractivity contribution in [2.24, 2.45) is 22.7 Å². The van der Waals surface area contributed by atoms with Gasteiger partial charge in [0.15, 0.2) is 0 Å². The molecule has 0 amide bonds. The van der Waals surface area contributed by atoms with E-state index in [9.17, 15) is 0 Å². The molecule has 0 bridgehead atoms. The fourth-order valence-corrected chi connectivity index (χ4v) is 2.53. The average Bonchev–Trinajstić information content (AvgIpc) is 2.34. The zero-order chi connectivity index (χ0) is 11.1. The third-order valence-corrected chi connectivity index (χ3v) is 3.48. The lowest BCUT2D eigenvalue weighted by molar-refractivity contribution is 0.327. The molecule has 0 aromatic heterocycles. The molecule has 1 fully saturated rings. The zero-order valence-corrected chi connectivity index (χ0v) is 10.9. The van der Waals surface area contributed by atoms with E-state index >= 15 is 0 Å². The van der Waals surface area contributed by atoms with Gasteiger partial charge in [0.1, 0.15) is 0 Å². The molecule has 0 heteroatoms. The Hall–Kier alpha value is -0.260. The van der Waals surface area contributed by atoms with E-state index in [2.05, 4.69) is 54.5 Å². The van der Waals surface area contributed by atoms with E-state index in [-0.39, 0.29) is 0 Å². The van der Waals surface area contributed by atoms with Gasteiger partial charge in [-0.2, -0.15) is 0 Å². The van der Waals surface area contributed by atoms with E-state index in [1.807, 2.05) is 0 Å². The molecular formula is C14H26. The molecule has 0 spiro atoms. The third kappa shape index (κ3) is 2.62. The van der Waals surface area contributed by atoms with Crippen molar-refractivity contribution in [1.82, 2.24) is 0 Å². The second-order valence-electron chi connectivity index (χ2n) is 6.96. The van der Waals surface area contributed by atoms with Gasteiger partial charge in [0.25, 0.3) is 0 Å². The summed E-state index contributed by atoms with van der Waals surface area (Å²) < 4.78 is 0. The van der Waals surface area contributed by atoms with Crippen LogP contribution in [0.25, 0.3) is 0 Å². The molecule has 0 aromatic rings. The van der Waals surface area contributed by atoms with E-state index < -0.39 is 0 Å². The molecule has 14 heavy (non-hydrogen) atoms. The van der Waals surface area contributed by atoms with E-state index in [0.717, 1.165) is 11.8 Å². The van der Waals surface area contributed by atoms with Gasteiger partial charge in [-0.15, -0.1) is 0 Å². The first kappa shape index (κ1) is 11.8. The van der Waals surface area contributed by atoms with Crippen molar-refractivity contribution in [1.29, 1.82) is 0 Å². The Labute approximate surface area is 89.8 Å². The van der Waals surface area contributed by atoms with Gasteiger partial charge in [0.2, 0.25) is 0 Å². The lowest BCUT2D eigenvalue weighted by Gasteiger charge is -2.18. The van der Waals surface area contributed by atoms with Gasteiger partial charge in [-0.3, -0.25) is 0 Å². The lowest BCUT2D eigenvalue weighted by Crippen LogP contribution is -2.07. The van der Waals surface area contributed by atoms with Gasteiger partial charge < -0.3 is 0 Å². The smallest absolute Gasteiger partial charge is 0.0143 e. The minimum atomic E-state index is 0.478. The summed E-state index contributed by atoms with van der Waals surface area (Å²) in [6.45, 7) is 16.3. The van der Waals surface area contributed by atoms with E-state index in [1.165, 1.54) is 12.0 Å². The van der Waals surface area contributed by atoms with Gasteiger partial charge in [-0.25, -0.2) is 0 Å². The van der Waals surface area contributed by atoms with Crippen molar-refractivity contribution in [3.05, 3.63) is 11.6 Å². The van der Waals surface area contributed by atoms with Crippen LogP contribution < -0.4 is 0 Å². The summed E-state index contributed by atoms with van der Waals surface area (Å²) >= 11 is 0. The summed E-state index contributed by atoms with van der Waals surface area (Å²) in [4.78, 5) is 0. The molecule has 0 aliphatic heterocycles. The van der Waals surface area contributed by atoms with Crippen LogP contribution in [-0.4, -0.2) is 0 Å². The highest BCUT2D eigenvalue weighted by molar-refractivity contribution is 5.17. The Morgan fingerprint density at radius 1 is 1.21 bits per heavy atom. The monoisotopic (exact) mass is 194 g/mol. The number of rotatable bonds is 2. The van der Waals surface area contributed by atoms with Crippen LogP contribution in [0.5, 0.6) is 0 Å². The largest absolute Gasteiger partial charge is 0.0819 e. The average molecular weight is 194 g/mol. The van der Waals surface area contributed by atoms with Crippen molar-refractivity contribution in [2.45, 2.75) is 54.9 Å². The van der Waals surface area contributed by atoms with Crippen molar-refractivity contribution in [2.75, 3.05) is 0 Å². The van der Waals surface area contributed by atoms with E-state index in [1.54, 1.807) is 0 Å². The minimum Gasteiger partial charge on any atom is -0.0819 e. The molecule has 82 valence electrons. The van der Waals surface area contributed by atoms with Crippen molar-refractivity contribution in [3.63, 3.8) is 0 Å². The van der Waals surface area contributed by atoms with Gasteiger partial charge in [0.05, 0.1) is 0 Å². The lowest BCUT2D eigenvalue weighted by atomic mass is 9.87. The van der Waals surface area contributed by atoms with Crippen LogP contribution in [-0.2, 0) is 0 Å². The van der Waals surface area contributed by atoms with Gasteiger partial charge in [-0.1, -0.05) is 46.3 Å². The molecule has 2 atom stereocenters. The fraction of sp³-hybridized carbons (Fsp3) is 0.857. The van der Waals surface area contributed by atoms with Crippen LogP contribution in [0.1, 0.15) is 54.9 Å². The number of hydrogen-bond donors (Lipinski definition) is 0. The van der Waals surface area contributed by atoms with Gasteiger partial charge in [0, 0.05) is 0 Å². The first-order valence-corrected chi connectivity index (χ1v) is 5.79. The van der Waals surface area contributed by atoms with E-state index in [4.69, 9.17) is 0 Å². The predicted molar refractivity (Wildman–Crippen MR) is 64.3 cm³/mol. The van der Waals surface area contributed by atoms with Crippen LogP contribution in [0.2, 0.25) is 0 Å². The Morgan fingerprint density at radius 2 is 1.71 bits per heavy atom. The molecule has 1 aliphatic carbocycles. The molecule has 0 heterocycles. The molecule has 0 N–H and O–H groups in total. The van der Waals surface area contributed by atoms with Crippen LogP contribution in [0.4, 0.5) is 0 Å². The molecule has 1 rings (SSSR count). The Kier molecular flexibility index (Phi) is 2.87. The van der Waals surface area contributed by atoms with Gasteiger partial charge in [-0.05, 0) is 42.9 Å². The maximum Gasteiger partial charge on any atom is -0.0143 e. The van der Waals surface area contributed by atoms with Crippen molar-refractivity contribution in [3.8, 4) is 0 Å². The quantitative estimate of drug-likeness (QED) is 0.561. The molecule has 2 unspecified atom stereocenters. The maximum atomic E-state index is 2.47. The van der Waals surface area contributed by atoms with E-state index in [0.29, 0.717) is 10.8 Å². The summed E-state index contributed by atoms with van der Waals surface area (Å²) in [6.07, 6.45) is 3.82. The first-order valence-electron chi connectivity index (χ1n) is 5.79. The Bertz CT molecular complexity index is 233. The normalized spacial score (nSPS) is 29.9.